The van der Waals surface area contributed by atoms with Crippen molar-refractivity contribution in [3.63, 3.8) is 0 Å². The fourth-order valence-electron chi connectivity index (χ4n) is 2.74. The molecule has 0 aliphatic rings. The molecule has 1 amide bonds. The highest BCUT2D eigenvalue weighted by atomic mass is 32.2. The van der Waals surface area contributed by atoms with E-state index in [0.717, 1.165) is 21.7 Å². The van der Waals surface area contributed by atoms with E-state index in [-0.39, 0.29) is 17.5 Å². The lowest BCUT2D eigenvalue weighted by atomic mass is 10.1. The van der Waals surface area contributed by atoms with E-state index in [2.05, 4.69) is 25.7 Å². The summed E-state index contributed by atoms with van der Waals surface area (Å²) in [6.07, 6.45) is 0. The van der Waals surface area contributed by atoms with Crippen molar-refractivity contribution < 1.29 is 9.18 Å². The molecule has 0 radical (unpaired) electrons. The Balaban J connectivity index is 1.37. The molecular formula is C20H17FN6OS2. The summed E-state index contributed by atoms with van der Waals surface area (Å²) >= 11 is 2.58. The number of thioether (sulfide) groups is 1. The Bertz CT molecular complexity index is 1190. The van der Waals surface area contributed by atoms with Crippen molar-refractivity contribution >= 4 is 34.1 Å². The molecule has 1 N–H and O–H groups in total. The van der Waals surface area contributed by atoms with Gasteiger partial charge in [0.1, 0.15) is 10.8 Å². The number of hydrogen-bond donors (Lipinski definition) is 1. The van der Waals surface area contributed by atoms with Crippen molar-refractivity contribution in [2.24, 2.45) is 7.05 Å². The molecule has 4 aromatic rings. The van der Waals surface area contributed by atoms with Gasteiger partial charge >= 0.3 is 0 Å². The molecule has 152 valence electrons. The molecule has 0 bridgehead atoms. The lowest BCUT2D eigenvalue weighted by Crippen LogP contribution is -2.14. The van der Waals surface area contributed by atoms with Crippen molar-refractivity contribution in [3.05, 3.63) is 59.9 Å². The lowest BCUT2D eigenvalue weighted by molar-refractivity contribution is -0.113. The molecule has 10 heteroatoms. The number of nitrogens with zero attached hydrogens (tertiary/aromatic N) is 5. The van der Waals surface area contributed by atoms with Gasteiger partial charge in [-0.25, -0.2) is 4.39 Å². The SMILES string of the molecule is Cc1cccc(-c2nnc(NC(=O)CSc3nnc(-c4ccc(F)cc4)n3C)s2)c1. The van der Waals surface area contributed by atoms with Crippen molar-refractivity contribution in [2.45, 2.75) is 12.1 Å². The van der Waals surface area contributed by atoms with Gasteiger partial charge in [0.2, 0.25) is 11.0 Å². The fourth-order valence-corrected chi connectivity index (χ4v) is 4.21. The van der Waals surface area contributed by atoms with Crippen LogP contribution in [0.15, 0.2) is 53.7 Å². The summed E-state index contributed by atoms with van der Waals surface area (Å²) in [4.78, 5) is 12.3. The van der Waals surface area contributed by atoms with Gasteiger partial charge < -0.3 is 4.57 Å². The van der Waals surface area contributed by atoms with Crippen LogP contribution in [0.25, 0.3) is 22.0 Å². The zero-order valence-electron chi connectivity index (χ0n) is 16.2. The van der Waals surface area contributed by atoms with E-state index < -0.39 is 0 Å². The molecule has 0 aliphatic carbocycles. The topological polar surface area (TPSA) is 85.6 Å². The van der Waals surface area contributed by atoms with E-state index in [1.54, 1.807) is 23.7 Å². The van der Waals surface area contributed by atoms with Gasteiger partial charge in [-0.3, -0.25) is 10.1 Å². The summed E-state index contributed by atoms with van der Waals surface area (Å²) in [7, 11) is 1.80. The third kappa shape index (κ3) is 4.55. The van der Waals surface area contributed by atoms with Gasteiger partial charge in [0.25, 0.3) is 0 Å². The number of rotatable bonds is 6. The van der Waals surface area contributed by atoms with E-state index in [1.165, 1.54) is 35.2 Å². The molecule has 2 aromatic carbocycles. The standard InChI is InChI=1S/C20H17FN6OS2/c1-12-4-3-5-14(10-12)18-24-25-19(30-18)22-16(28)11-29-20-26-23-17(27(20)2)13-6-8-15(21)9-7-13/h3-10H,11H2,1-2H3,(H,22,25,28). The number of hydrogen-bond acceptors (Lipinski definition) is 7. The monoisotopic (exact) mass is 440 g/mol. The molecule has 0 atom stereocenters. The number of amides is 1. The summed E-state index contributed by atoms with van der Waals surface area (Å²) in [5, 5.41) is 21.0. The lowest BCUT2D eigenvalue weighted by Gasteiger charge is -2.04. The molecule has 0 fully saturated rings. The number of halogens is 1. The molecule has 4 rings (SSSR count). The quantitative estimate of drug-likeness (QED) is 0.453. The molecule has 0 unspecified atom stereocenters. The molecule has 0 saturated heterocycles. The maximum Gasteiger partial charge on any atom is 0.236 e. The number of aromatic nitrogens is 5. The third-order valence-electron chi connectivity index (χ3n) is 4.21. The Hall–Kier alpha value is -3.11. The normalized spacial score (nSPS) is 10.9. The predicted octanol–water partition coefficient (Wildman–Crippen LogP) is 4.18. The van der Waals surface area contributed by atoms with Crippen molar-refractivity contribution in [2.75, 3.05) is 11.1 Å². The van der Waals surface area contributed by atoms with E-state index in [1.807, 2.05) is 31.2 Å². The average molecular weight is 441 g/mol. The highest BCUT2D eigenvalue weighted by molar-refractivity contribution is 7.99. The molecule has 0 aliphatic heterocycles. The first kappa shape index (κ1) is 20.2. The largest absolute Gasteiger partial charge is 0.305 e. The van der Waals surface area contributed by atoms with Gasteiger partial charge in [0, 0.05) is 18.2 Å². The molecule has 2 heterocycles. The van der Waals surface area contributed by atoms with E-state index >= 15 is 0 Å². The number of nitrogens with one attached hydrogen (secondary N) is 1. The fraction of sp³-hybridized carbons (Fsp3) is 0.150. The Labute approximate surface area is 180 Å². The van der Waals surface area contributed by atoms with E-state index in [4.69, 9.17) is 0 Å². The minimum absolute atomic E-state index is 0.148. The van der Waals surface area contributed by atoms with Gasteiger partial charge in [-0.2, -0.15) is 0 Å². The summed E-state index contributed by atoms with van der Waals surface area (Å²) in [5.74, 6) is 0.229. The summed E-state index contributed by atoms with van der Waals surface area (Å²) in [6.45, 7) is 2.01. The van der Waals surface area contributed by atoms with E-state index in [9.17, 15) is 9.18 Å². The number of benzene rings is 2. The molecule has 7 nitrogen and oxygen atoms in total. The highest BCUT2D eigenvalue weighted by Gasteiger charge is 2.14. The summed E-state index contributed by atoms with van der Waals surface area (Å²) < 4.78 is 14.9. The molecule has 30 heavy (non-hydrogen) atoms. The molecular weight excluding hydrogens is 423 g/mol. The van der Waals surface area contributed by atoms with Crippen LogP contribution in [0.5, 0.6) is 0 Å². The smallest absolute Gasteiger partial charge is 0.236 e. The zero-order chi connectivity index (χ0) is 21.1. The summed E-state index contributed by atoms with van der Waals surface area (Å²) in [5.41, 5.74) is 2.85. The number of carbonyl (C=O) groups is 1. The van der Waals surface area contributed by atoms with Crippen LogP contribution in [0.4, 0.5) is 9.52 Å². The second kappa shape index (κ2) is 8.72. The number of anilines is 1. The van der Waals surface area contributed by atoms with Gasteiger partial charge in [-0.1, -0.05) is 46.9 Å². The summed E-state index contributed by atoms with van der Waals surface area (Å²) in [6, 6.07) is 14.0. The van der Waals surface area contributed by atoms with Crippen LogP contribution in [0.2, 0.25) is 0 Å². The number of aryl methyl sites for hydroxylation is 1. The van der Waals surface area contributed by atoms with Crippen molar-refractivity contribution in [1.29, 1.82) is 0 Å². The van der Waals surface area contributed by atoms with Crippen LogP contribution < -0.4 is 5.32 Å². The second-order valence-electron chi connectivity index (χ2n) is 6.49. The predicted molar refractivity (Wildman–Crippen MR) is 116 cm³/mol. The maximum absolute atomic E-state index is 13.1. The van der Waals surface area contributed by atoms with Crippen molar-refractivity contribution in [3.8, 4) is 22.0 Å². The Kier molecular flexibility index (Phi) is 5.86. The molecule has 0 spiro atoms. The van der Waals surface area contributed by atoms with Crippen molar-refractivity contribution in [1.82, 2.24) is 25.0 Å². The first-order chi connectivity index (χ1) is 14.5. The van der Waals surface area contributed by atoms with Crippen LogP contribution in [-0.4, -0.2) is 36.6 Å². The minimum atomic E-state index is -0.311. The maximum atomic E-state index is 13.1. The first-order valence-electron chi connectivity index (χ1n) is 8.98. The molecule has 2 aromatic heterocycles. The van der Waals surface area contributed by atoms with Crippen LogP contribution >= 0.6 is 23.1 Å². The first-order valence-corrected chi connectivity index (χ1v) is 10.8. The van der Waals surface area contributed by atoms with Crippen LogP contribution in [-0.2, 0) is 11.8 Å². The highest BCUT2D eigenvalue weighted by Crippen LogP contribution is 2.27. The number of carbonyl (C=O) groups excluding carboxylic acids is 1. The average Bonchev–Trinajstić information content (AvgIpc) is 3.34. The van der Waals surface area contributed by atoms with Gasteiger partial charge in [-0.05, 0) is 37.3 Å². The zero-order valence-corrected chi connectivity index (χ0v) is 17.8. The van der Waals surface area contributed by atoms with Gasteiger partial charge in [-0.15, -0.1) is 20.4 Å². The van der Waals surface area contributed by atoms with Crippen LogP contribution in [0.3, 0.4) is 0 Å². The Morgan fingerprint density at radius 1 is 1.10 bits per heavy atom. The van der Waals surface area contributed by atoms with Gasteiger partial charge in [0.15, 0.2) is 11.0 Å². The van der Waals surface area contributed by atoms with Gasteiger partial charge in [0.05, 0.1) is 5.75 Å². The Morgan fingerprint density at radius 3 is 2.67 bits per heavy atom. The second-order valence-corrected chi connectivity index (χ2v) is 8.41. The van der Waals surface area contributed by atoms with Crippen LogP contribution in [0, 0.1) is 12.7 Å². The van der Waals surface area contributed by atoms with Crippen LogP contribution in [0.1, 0.15) is 5.56 Å². The van der Waals surface area contributed by atoms with E-state index in [0.29, 0.717) is 16.1 Å². The minimum Gasteiger partial charge on any atom is -0.305 e. The third-order valence-corrected chi connectivity index (χ3v) is 6.11. The molecule has 0 saturated carbocycles. The Morgan fingerprint density at radius 2 is 1.90 bits per heavy atom.